The monoisotopic (exact) mass is 490 g/mol. The summed E-state index contributed by atoms with van der Waals surface area (Å²) >= 11 is 0. The van der Waals surface area contributed by atoms with Crippen molar-refractivity contribution in [3.05, 3.63) is 96.3 Å². The van der Waals surface area contributed by atoms with Gasteiger partial charge in [-0.2, -0.15) is 0 Å². The molecular weight excluding hydrogens is 464 g/mol. The van der Waals surface area contributed by atoms with E-state index in [0.29, 0.717) is 18.7 Å². The van der Waals surface area contributed by atoms with E-state index in [4.69, 9.17) is 4.74 Å². The van der Waals surface area contributed by atoms with Crippen molar-refractivity contribution in [2.24, 2.45) is 0 Å². The summed E-state index contributed by atoms with van der Waals surface area (Å²) in [6.07, 6.45) is 3.76. The first-order chi connectivity index (χ1) is 18.1. The van der Waals surface area contributed by atoms with Gasteiger partial charge in [0.1, 0.15) is 11.3 Å². The standard InChI is InChI=1S/C29H26N6O2/c1-37-22-12-13-25-24(19-22)30-29(27-7-4-16-34(25)27)14-17-33(18-15-29)28(36)20-8-10-21(11-9-20)35-26-6-3-2-5-23(26)31-32-35/h2-13,16,19,30H,14-15,17-18H2,1H3. The maximum absolute atomic E-state index is 13.4. The maximum atomic E-state index is 13.4. The molecule has 3 aromatic carbocycles. The van der Waals surface area contributed by atoms with E-state index < -0.39 is 0 Å². The van der Waals surface area contributed by atoms with Gasteiger partial charge in [0.25, 0.3) is 5.91 Å². The summed E-state index contributed by atoms with van der Waals surface area (Å²) in [5.74, 6) is 0.880. The molecule has 1 fully saturated rings. The summed E-state index contributed by atoms with van der Waals surface area (Å²) in [4.78, 5) is 15.4. The van der Waals surface area contributed by atoms with Gasteiger partial charge in [-0.3, -0.25) is 4.79 Å². The van der Waals surface area contributed by atoms with E-state index >= 15 is 0 Å². The number of carbonyl (C=O) groups is 1. The molecule has 0 aliphatic carbocycles. The molecule has 0 radical (unpaired) electrons. The number of ether oxygens (including phenoxy) is 1. The van der Waals surface area contributed by atoms with Crippen LogP contribution in [0.4, 0.5) is 5.69 Å². The Morgan fingerprint density at radius 3 is 2.59 bits per heavy atom. The number of nitrogens with zero attached hydrogens (tertiary/aromatic N) is 5. The second kappa shape index (κ2) is 8.23. The second-order valence-corrected chi connectivity index (χ2v) is 9.68. The number of hydrogen-bond donors (Lipinski definition) is 1. The molecule has 5 aromatic rings. The van der Waals surface area contributed by atoms with Crippen molar-refractivity contribution in [3.8, 4) is 17.1 Å². The van der Waals surface area contributed by atoms with Gasteiger partial charge in [-0.25, -0.2) is 4.68 Å². The van der Waals surface area contributed by atoms with Crippen LogP contribution in [0.2, 0.25) is 0 Å². The largest absolute Gasteiger partial charge is 0.497 e. The molecule has 1 spiro atoms. The highest BCUT2D eigenvalue weighted by Crippen LogP contribution is 2.44. The van der Waals surface area contributed by atoms with Crippen LogP contribution in [0, 0.1) is 0 Å². The van der Waals surface area contributed by atoms with Gasteiger partial charge in [0.2, 0.25) is 0 Å². The minimum Gasteiger partial charge on any atom is -0.497 e. The summed E-state index contributed by atoms with van der Waals surface area (Å²) < 4.78 is 9.52. The predicted molar refractivity (Wildman–Crippen MR) is 142 cm³/mol. The summed E-state index contributed by atoms with van der Waals surface area (Å²) in [6, 6.07) is 25.9. The molecule has 1 saturated heterocycles. The highest BCUT2D eigenvalue weighted by atomic mass is 16.5. The molecule has 1 amide bonds. The van der Waals surface area contributed by atoms with E-state index in [1.807, 2.05) is 59.5 Å². The Hall–Kier alpha value is -4.59. The second-order valence-electron chi connectivity index (χ2n) is 9.68. The van der Waals surface area contributed by atoms with Gasteiger partial charge >= 0.3 is 0 Å². The first kappa shape index (κ1) is 21.7. The third-order valence-corrected chi connectivity index (χ3v) is 7.69. The Kier molecular flexibility index (Phi) is 4.82. The van der Waals surface area contributed by atoms with E-state index in [1.54, 1.807) is 11.8 Å². The van der Waals surface area contributed by atoms with Crippen LogP contribution < -0.4 is 10.1 Å². The number of likely N-dealkylation sites (tertiary alicyclic amines) is 1. The molecule has 2 aromatic heterocycles. The average Bonchev–Trinajstić information content (AvgIpc) is 3.62. The summed E-state index contributed by atoms with van der Waals surface area (Å²) in [6.45, 7) is 1.34. The minimum atomic E-state index is -0.225. The smallest absolute Gasteiger partial charge is 0.253 e. The molecule has 37 heavy (non-hydrogen) atoms. The minimum absolute atomic E-state index is 0.0538. The van der Waals surface area contributed by atoms with Crippen molar-refractivity contribution in [1.29, 1.82) is 0 Å². The number of carbonyl (C=O) groups excluding carboxylic acids is 1. The van der Waals surface area contributed by atoms with Gasteiger partial charge in [0.05, 0.1) is 35.2 Å². The van der Waals surface area contributed by atoms with Crippen LogP contribution in [0.1, 0.15) is 28.9 Å². The number of nitrogens with one attached hydrogen (secondary N) is 1. The van der Waals surface area contributed by atoms with E-state index in [1.165, 1.54) is 5.69 Å². The van der Waals surface area contributed by atoms with E-state index in [-0.39, 0.29) is 11.4 Å². The number of methoxy groups -OCH3 is 1. The zero-order valence-corrected chi connectivity index (χ0v) is 20.5. The fraction of sp³-hybridized carbons (Fsp3) is 0.207. The maximum Gasteiger partial charge on any atom is 0.253 e. The topological polar surface area (TPSA) is 77.2 Å². The van der Waals surface area contributed by atoms with Crippen molar-refractivity contribution < 1.29 is 9.53 Å². The average molecular weight is 491 g/mol. The third-order valence-electron chi connectivity index (χ3n) is 7.69. The lowest BCUT2D eigenvalue weighted by Crippen LogP contribution is -2.51. The quantitative estimate of drug-likeness (QED) is 0.394. The molecular formula is C29H26N6O2. The fourth-order valence-corrected chi connectivity index (χ4v) is 5.72. The number of aromatic nitrogens is 4. The number of hydrogen-bond acceptors (Lipinski definition) is 5. The molecule has 2 aliphatic heterocycles. The van der Waals surface area contributed by atoms with E-state index in [2.05, 4.69) is 50.7 Å². The van der Waals surface area contributed by atoms with Crippen molar-refractivity contribution in [2.45, 2.75) is 18.4 Å². The highest BCUT2D eigenvalue weighted by Gasteiger charge is 2.42. The lowest BCUT2D eigenvalue weighted by atomic mass is 9.82. The number of fused-ring (bicyclic) bond motifs is 5. The third kappa shape index (κ3) is 3.40. The summed E-state index contributed by atoms with van der Waals surface area (Å²) in [5.41, 5.74) is 6.52. The number of benzene rings is 3. The molecule has 2 aliphatic rings. The van der Waals surface area contributed by atoms with Crippen LogP contribution in [0.3, 0.4) is 0 Å². The number of piperidine rings is 1. The van der Waals surface area contributed by atoms with Crippen molar-refractivity contribution in [2.75, 3.05) is 25.5 Å². The Morgan fingerprint density at radius 2 is 1.78 bits per heavy atom. The zero-order chi connectivity index (χ0) is 25.0. The van der Waals surface area contributed by atoms with Crippen molar-refractivity contribution in [1.82, 2.24) is 24.5 Å². The van der Waals surface area contributed by atoms with Gasteiger partial charge < -0.3 is 19.5 Å². The number of para-hydroxylation sites is 1. The van der Waals surface area contributed by atoms with Gasteiger partial charge in [0.15, 0.2) is 0 Å². The van der Waals surface area contributed by atoms with Gasteiger partial charge in [-0.15, -0.1) is 5.10 Å². The molecule has 8 nitrogen and oxygen atoms in total. The summed E-state index contributed by atoms with van der Waals surface area (Å²) in [5, 5.41) is 12.3. The number of amides is 1. The number of rotatable bonds is 3. The van der Waals surface area contributed by atoms with Crippen LogP contribution in [0.25, 0.3) is 22.4 Å². The zero-order valence-electron chi connectivity index (χ0n) is 20.5. The summed E-state index contributed by atoms with van der Waals surface area (Å²) in [7, 11) is 1.69. The molecule has 0 unspecified atom stereocenters. The van der Waals surface area contributed by atoms with Crippen LogP contribution in [-0.2, 0) is 5.54 Å². The Morgan fingerprint density at radius 1 is 0.973 bits per heavy atom. The molecule has 8 heteroatoms. The van der Waals surface area contributed by atoms with Crippen LogP contribution in [0.5, 0.6) is 5.75 Å². The Bertz CT molecular complexity index is 1630. The molecule has 184 valence electrons. The highest BCUT2D eigenvalue weighted by molar-refractivity contribution is 5.94. The van der Waals surface area contributed by atoms with Gasteiger partial charge in [-0.05, 0) is 73.5 Å². The SMILES string of the molecule is COc1ccc2c(c1)NC1(CCN(C(=O)c3ccc(-n4nnc5ccccc54)cc3)CC1)c1cccn1-2. The van der Waals surface area contributed by atoms with Crippen molar-refractivity contribution >= 4 is 22.6 Å². The van der Waals surface area contributed by atoms with Crippen molar-refractivity contribution in [3.63, 3.8) is 0 Å². The van der Waals surface area contributed by atoms with Crippen LogP contribution in [0.15, 0.2) is 85.1 Å². The molecule has 0 bridgehead atoms. The number of anilines is 1. The molecule has 1 N–H and O–H groups in total. The van der Waals surface area contributed by atoms with Crippen LogP contribution in [-0.4, -0.2) is 50.6 Å². The molecule has 7 rings (SSSR count). The Balaban J connectivity index is 1.10. The Labute approximate surface area is 214 Å². The van der Waals surface area contributed by atoms with E-state index in [0.717, 1.165) is 46.7 Å². The van der Waals surface area contributed by atoms with E-state index in [9.17, 15) is 4.79 Å². The van der Waals surface area contributed by atoms with Crippen LogP contribution >= 0.6 is 0 Å². The lowest BCUT2D eigenvalue weighted by Gasteiger charge is -2.46. The fourth-order valence-electron chi connectivity index (χ4n) is 5.72. The molecule has 0 atom stereocenters. The first-order valence-electron chi connectivity index (χ1n) is 12.5. The normalized spacial score (nSPS) is 15.8. The van der Waals surface area contributed by atoms with Gasteiger partial charge in [0, 0.05) is 36.6 Å². The molecule has 0 saturated carbocycles. The first-order valence-corrected chi connectivity index (χ1v) is 12.5. The van der Waals surface area contributed by atoms with Gasteiger partial charge in [-0.1, -0.05) is 17.3 Å². The molecule has 4 heterocycles. The predicted octanol–water partition coefficient (Wildman–Crippen LogP) is 4.78. The lowest BCUT2D eigenvalue weighted by molar-refractivity contribution is 0.0676.